The molecule has 1 atom stereocenters. The second kappa shape index (κ2) is 5.75. The van der Waals surface area contributed by atoms with Crippen molar-refractivity contribution in [2.75, 3.05) is 5.32 Å². The number of carboxylic acids is 1. The van der Waals surface area contributed by atoms with Gasteiger partial charge in [0.1, 0.15) is 0 Å². The topological polar surface area (TPSA) is 91.3 Å². The van der Waals surface area contributed by atoms with Crippen LogP contribution in [0, 0.1) is 0 Å². The summed E-state index contributed by atoms with van der Waals surface area (Å²) >= 11 is 1.03. The molecule has 0 aromatic carbocycles. The van der Waals surface area contributed by atoms with Crippen molar-refractivity contribution in [1.29, 1.82) is 0 Å². The number of carboxylic acid groups (broad SMARTS) is 1. The molecule has 0 radical (unpaired) electrons. The van der Waals surface area contributed by atoms with E-state index in [2.05, 4.69) is 10.3 Å². The molecule has 1 unspecified atom stereocenters. The third kappa shape index (κ3) is 3.67. The van der Waals surface area contributed by atoms with Crippen LogP contribution in [0.2, 0.25) is 0 Å². The first-order valence-corrected chi connectivity index (χ1v) is 6.21. The lowest BCUT2D eigenvalue weighted by atomic mass is 10.0. The van der Waals surface area contributed by atoms with E-state index >= 15 is 0 Å². The Labute approximate surface area is 116 Å². The van der Waals surface area contributed by atoms with Gasteiger partial charge < -0.3 is 10.4 Å². The summed E-state index contributed by atoms with van der Waals surface area (Å²) in [6.45, 7) is 1.42. The number of hydrogen-bond acceptors (Lipinski definition) is 5. The maximum absolute atomic E-state index is 12.7. The first kappa shape index (κ1) is 16.4. The van der Waals surface area contributed by atoms with E-state index in [0.717, 1.165) is 11.3 Å². The van der Waals surface area contributed by atoms with Crippen LogP contribution < -0.4 is 10.6 Å². The molecule has 20 heavy (non-hydrogen) atoms. The van der Waals surface area contributed by atoms with Gasteiger partial charge in [0.15, 0.2) is 5.13 Å². The van der Waals surface area contributed by atoms with E-state index in [1.807, 2.05) is 5.32 Å². The van der Waals surface area contributed by atoms with Gasteiger partial charge in [-0.15, -0.1) is 11.3 Å². The Hall–Kier alpha value is -1.68. The van der Waals surface area contributed by atoms with Crippen LogP contribution in [0.25, 0.3) is 0 Å². The molecule has 0 saturated carbocycles. The van der Waals surface area contributed by atoms with Crippen molar-refractivity contribution in [3.05, 3.63) is 11.1 Å². The third-order valence-corrected chi connectivity index (χ3v) is 3.26. The highest BCUT2D eigenvalue weighted by Gasteiger charge is 2.57. The molecule has 3 N–H and O–H groups in total. The molecule has 1 aromatic heterocycles. The Balaban J connectivity index is 2.76. The van der Waals surface area contributed by atoms with Gasteiger partial charge in [-0.25, -0.2) is 9.78 Å². The Kier molecular flexibility index (Phi) is 4.71. The molecule has 0 spiro atoms. The van der Waals surface area contributed by atoms with E-state index in [9.17, 15) is 22.8 Å². The van der Waals surface area contributed by atoms with E-state index < -0.39 is 24.2 Å². The van der Waals surface area contributed by atoms with E-state index in [-0.39, 0.29) is 16.7 Å². The fourth-order valence-corrected chi connectivity index (χ4v) is 1.92. The van der Waals surface area contributed by atoms with E-state index in [1.165, 1.54) is 12.3 Å². The summed E-state index contributed by atoms with van der Waals surface area (Å²) in [5.74, 6) is -2.38. The maximum Gasteiger partial charge on any atom is 0.417 e. The first-order chi connectivity index (χ1) is 9.06. The third-order valence-electron chi connectivity index (χ3n) is 2.45. The number of thiazole rings is 1. The normalized spacial score (nSPS) is 14.7. The Bertz CT molecular complexity index is 517. The van der Waals surface area contributed by atoms with Crippen LogP contribution in [0.15, 0.2) is 5.38 Å². The summed E-state index contributed by atoms with van der Waals surface area (Å²) < 4.78 is 38.2. The molecule has 1 rings (SSSR count). The Morgan fingerprint density at radius 1 is 1.45 bits per heavy atom. The molecule has 0 aliphatic rings. The molecule has 0 fully saturated rings. The molecule has 6 nitrogen and oxygen atoms in total. The predicted octanol–water partition coefficient (Wildman–Crippen LogP) is 1.60. The number of nitrogens with zero attached hydrogens (tertiary/aromatic N) is 1. The number of halogens is 3. The summed E-state index contributed by atoms with van der Waals surface area (Å²) in [6, 6.07) is 0. The number of rotatable bonds is 5. The van der Waals surface area contributed by atoms with E-state index in [1.54, 1.807) is 0 Å². The highest BCUT2D eigenvalue weighted by molar-refractivity contribution is 7.13. The largest absolute Gasteiger partial charge is 0.480 e. The predicted molar refractivity (Wildman–Crippen MR) is 65.4 cm³/mol. The quantitative estimate of drug-likeness (QED) is 0.768. The van der Waals surface area contributed by atoms with Gasteiger partial charge in [0, 0.05) is 18.8 Å². The van der Waals surface area contributed by atoms with Crippen molar-refractivity contribution in [3.63, 3.8) is 0 Å². The Morgan fingerprint density at radius 2 is 2.05 bits per heavy atom. The second-order valence-corrected chi connectivity index (χ2v) is 4.96. The van der Waals surface area contributed by atoms with Crippen molar-refractivity contribution < 1.29 is 27.9 Å². The SMILES string of the molecule is CC(=O)Nc1nc(CNC(C)(C(=O)O)C(F)(F)F)cs1. The van der Waals surface area contributed by atoms with Crippen molar-refractivity contribution in [2.24, 2.45) is 0 Å². The van der Waals surface area contributed by atoms with Crippen LogP contribution in [-0.4, -0.2) is 33.7 Å². The molecule has 0 aliphatic heterocycles. The lowest BCUT2D eigenvalue weighted by molar-refractivity contribution is -0.206. The molecular weight excluding hydrogens is 299 g/mol. The zero-order chi connectivity index (χ0) is 15.6. The molecule has 0 bridgehead atoms. The molecule has 1 amide bonds. The van der Waals surface area contributed by atoms with Crippen LogP contribution >= 0.6 is 11.3 Å². The van der Waals surface area contributed by atoms with Crippen molar-refractivity contribution in [2.45, 2.75) is 32.1 Å². The summed E-state index contributed by atoms with van der Waals surface area (Å²) in [5.41, 5.74) is -2.86. The lowest BCUT2D eigenvalue weighted by Crippen LogP contribution is -2.59. The zero-order valence-electron chi connectivity index (χ0n) is 10.5. The number of carbonyl (C=O) groups is 2. The van der Waals surface area contributed by atoms with Gasteiger partial charge >= 0.3 is 12.1 Å². The molecule has 0 saturated heterocycles. The van der Waals surface area contributed by atoms with Crippen LogP contribution in [-0.2, 0) is 16.1 Å². The summed E-state index contributed by atoms with van der Waals surface area (Å²) in [4.78, 5) is 25.4. The van der Waals surface area contributed by atoms with Crippen molar-refractivity contribution in [3.8, 4) is 0 Å². The van der Waals surface area contributed by atoms with Crippen molar-refractivity contribution >= 4 is 28.3 Å². The minimum absolute atomic E-state index is 0.204. The molecule has 1 aromatic rings. The number of nitrogens with one attached hydrogen (secondary N) is 2. The van der Waals surface area contributed by atoms with Gasteiger partial charge in [-0.3, -0.25) is 10.1 Å². The molecule has 10 heteroatoms. The molecule has 1 heterocycles. The van der Waals surface area contributed by atoms with E-state index in [0.29, 0.717) is 6.92 Å². The standard InChI is InChI=1S/C10H12F3N3O3S/c1-5(17)15-8-16-6(4-20-8)3-14-9(2,7(18)19)10(11,12)13/h4,14H,3H2,1-2H3,(H,18,19)(H,15,16,17). The van der Waals surface area contributed by atoms with Gasteiger partial charge in [0.05, 0.1) is 5.69 Å². The minimum Gasteiger partial charge on any atom is -0.480 e. The fraction of sp³-hybridized carbons (Fsp3) is 0.500. The highest BCUT2D eigenvalue weighted by Crippen LogP contribution is 2.30. The second-order valence-electron chi connectivity index (χ2n) is 4.11. The molecular formula is C10H12F3N3O3S. The monoisotopic (exact) mass is 311 g/mol. The maximum atomic E-state index is 12.7. The average Bonchev–Trinajstić information content (AvgIpc) is 2.70. The van der Waals surface area contributed by atoms with E-state index in [4.69, 9.17) is 5.11 Å². The van der Waals surface area contributed by atoms with Crippen LogP contribution in [0.1, 0.15) is 19.5 Å². The number of alkyl halides is 3. The number of anilines is 1. The van der Waals surface area contributed by atoms with Gasteiger partial charge in [-0.2, -0.15) is 13.2 Å². The fourth-order valence-electron chi connectivity index (χ4n) is 1.16. The number of carbonyl (C=O) groups excluding carboxylic acids is 1. The summed E-state index contributed by atoms with van der Waals surface area (Å²) in [6.07, 6.45) is -4.95. The highest BCUT2D eigenvalue weighted by atomic mass is 32.1. The molecule has 0 aliphatic carbocycles. The number of amides is 1. The molecule has 112 valence electrons. The first-order valence-electron chi connectivity index (χ1n) is 5.33. The van der Waals surface area contributed by atoms with Gasteiger partial charge in [-0.05, 0) is 6.92 Å². The van der Waals surface area contributed by atoms with Gasteiger partial charge in [0.2, 0.25) is 11.4 Å². The number of hydrogen-bond donors (Lipinski definition) is 3. The summed E-state index contributed by atoms with van der Waals surface area (Å²) in [7, 11) is 0. The number of aliphatic carboxylic acids is 1. The van der Waals surface area contributed by atoms with Crippen molar-refractivity contribution in [1.82, 2.24) is 10.3 Å². The zero-order valence-corrected chi connectivity index (χ0v) is 11.4. The van der Waals surface area contributed by atoms with Gasteiger partial charge in [-0.1, -0.05) is 0 Å². The van der Waals surface area contributed by atoms with Gasteiger partial charge in [0.25, 0.3) is 0 Å². The Morgan fingerprint density at radius 3 is 2.50 bits per heavy atom. The summed E-state index contributed by atoms with van der Waals surface area (Å²) in [5, 5.41) is 14.7. The minimum atomic E-state index is -4.95. The average molecular weight is 311 g/mol. The van der Waals surface area contributed by atoms with Crippen LogP contribution in [0.3, 0.4) is 0 Å². The number of aromatic nitrogens is 1. The smallest absolute Gasteiger partial charge is 0.417 e. The van der Waals surface area contributed by atoms with Crippen LogP contribution in [0.5, 0.6) is 0 Å². The van der Waals surface area contributed by atoms with Crippen LogP contribution in [0.4, 0.5) is 18.3 Å². The lowest BCUT2D eigenvalue weighted by Gasteiger charge is -2.28.